The molecule has 4 atom stereocenters. The molecule has 0 radical (unpaired) electrons. The third-order valence-electron chi connectivity index (χ3n) is 6.22. The van der Waals surface area contributed by atoms with Crippen molar-refractivity contribution in [3.05, 3.63) is 12.7 Å². The second kappa shape index (κ2) is 10.1. The first-order valence-corrected chi connectivity index (χ1v) is 12.5. The third kappa shape index (κ3) is 5.88. The highest BCUT2D eigenvalue weighted by atomic mass is 16.8. The van der Waals surface area contributed by atoms with Gasteiger partial charge in [-0.3, -0.25) is 9.47 Å². The van der Waals surface area contributed by atoms with Gasteiger partial charge in [0.1, 0.15) is 35.8 Å². The molecular weight excluding hydrogens is 466 g/mol. The van der Waals surface area contributed by atoms with Gasteiger partial charge in [-0.2, -0.15) is 0 Å². The lowest BCUT2D eigenvalue weighted by molar-refractivity contribution is -0.198. The zero-order valence-corrected chi connectivity index (χ0v) is 22.2. The first-order valence-electron chi connectivity index (χ1n) is 12.5. The van der Waals surface area contributed by atoms with E-state index in [0.29, 0.717) is 30.1 Å². The number of imidazole rings is 1. The molecule has 2 aromatic heterocycles. The number of aromatic nitrogens is 4. The Kier molecular flexibility index (Phi) is 7.42. The van der Waals surface area contributed by atoms with E-state index in [2.05, 4.69) is 39.0 Å². The van der Waals surface area contributed by atoms with Gasteiger partial charge in [0, 0.05) is 25.7 Å². The second-order valence-corrected chi connectivity index (χ2v) is 11.1. The summed E-state index contributed by atoms with van der Waals surface area (Å²) in [5.41, 5.74) is 6.59. The molecule has 0 unspecified atom stereocenters. The van der Waals surface area contributed by atoms with E-state index in [1.54, 1.807) is 6.33 Å². The van der Waals surface area contributed by atoms with Gasteiger partial charge in [-0.15, -0.1) is 0 Å². The van der Waals surface area contributed by atoms with Crippen LogP contribution in [0.1, 0.15) is 61.1 Å². The summed E-state index contributed by atoms with van der Waals surface area (Å²) >= 11 is 0. The number of ether oxygens (including phenoxy) is 4. The zero-order chi connectivity index (χ0) is 26.3. The summed E-state index contributed by atoms with van der Waals surface area (Å²) in [6.45, 7) is 15.6. The molecule has 1 amide bonds. The highest BCUT2D eigenvalue weighted by Crippen LogP contribution is 2.44. The van der Waals surface area contributed by atoms with Crippen LogP contribution in [0.2, 0.25) is 0 Å². The maximum atomic E-state index is 11.9. The molecule has 0 bridgehead atoms. The van der Waals surface area contributed by atoms with Crippen LogP contribution in [0.25, 0.3) is 11.2 Å². The molecule has 200 valence electrons. The van der Waals surface area contributed by atoms with Gasteiger partial charge in [-0.05, 0) is 54.9 Å². The second-order valence-electron chi connectivity index (χ2n) is 11.1. The van der Waals surface area contributed by atoms with E-state index in [1.807, 2.05) is 39.2 Å². The standard InChI is InChI=1S/C24H39N7O5/c1-14(2)30(10-8-9-26-22(32)36-23(3,4)5)11-15-17-18(35-24(6,7)34-17)21(33-15)31-13-29-16-19(25)27-12-28-20(16)31/h12-15,17-18,21H,8-11H2,1-7H3,(H,26,32)(H2,25,27,28)/t15-,17-,18-,21-/m1/s1. The lowest BCUT2D eigenvalue weighted by Crippen LogP contribution is -2.44. The molecule has 0 saturated carbocycles. The lowest BCUT2D eigenvalue weighted by Gasteiger charge is -2.31. The van der Waals surface area contributed by atoms with Crippen LogP contribution in [0, 0.1) is 0 Å². The number of rotatable bonds is 8. The SMILES string of the molecule is CC(C)N(CCCNC(=O)OC(C)(C)C)C[C@H]1O[C@@H](n2cnc3c(N)ncnc32)[C@@H]2OC(C)(C)O[C@@H]21. The number of nitrogens with two attached hydrogens (primary N) is 1. The largest absolute Gasteiger partial charge is 0.444 e. The normalized spacial score (nSPS) is 25.6. The predicted octanol–water partition coefficient (Wildman–Crippen LogP) is 2.45. The quantitative estimate of drug-likeness (QED) is 0.514. The van der Waals surface area contributed by atoms with Crippen LogP contribution < -0.4 is 11.1 Å². The summed E-state index contributed by atoms with van der Waals surface area (Å²) in [4.78, 5) is 27.1. The summed E-state index contributed by atoms with van der Waals surface area (Å²) < 4.78 is 26.3. The molecule has 2 aliphatic heterocycles. The number of fused-ring (bicyclic) bond motifs is 2. The van der Waals surface area contributed by atoms with Gasteiger partial charge in [0.25, 0.3) is 0 Å². The van der Waals surface area contributed by atoms with Crippen LogP contribution in [0.15, 0.2) is 12.7 Å². The smallest absolute Gasteiger partial charge is 0.407 e. The zero-order valence-electron chi connectivity index (χ0n) is 22.2. The Balaban J connectivity index is 1.43. The Morgan fingerprint density at radius 2 is 1.97 bits per heavy atom. The van der Waals surface area contributed by atoms with Crippen LogP contribution in [-0.4, -0.2) is 85.9 Å². The maximum absolute atomic E-state index is 11.9. The van der Waals surface area contributed by atoms with Crippen molar-refractivity contribution in [2.75, 3.05) is 25.4 Å². The average Bonchev–Trinajstić information content (AvgIpc) is 3.40. The van der Waals surface area contributed by atoms with Gasteiger partial charge < -0.3 is 30.0 Å². The third-order valence-corrected chi connectivity index (χ3v) is 6.22. The molecule has 4 heterocycles. The van der Waals surface area contributed by atoms with E-state index >= 15 is 0 Å². The molecule has 2 fully saturated rings. The molecule has 0 spiro atoms. The summed E-state index contributed by atoms with van der Waals surface area (Å²) in [5, 5.41) is 2.83. The molecule has 2 aromatic rings. The van der Waals surface area contributed by atoms with Gasteiger partial charge in [-0.25, -0.2) is 19.7 Å². The first kappa shape index (κ1) is 26.5. The Bertz CT molecular complexity index is 1070. The van der Waals surface area contributed by atoms with Crippen molar-refractivity contribution in [2.45, 2.75) is 96.9 Å². The fraction of sp³-hybridized carbons (Fsp3) is 0.750. The number of anilines is 1. The lowest BCUT2D eigenvalue weighted by atomic mass is 10.1. The number of nitrogens with one attached hydrogen (secondary N) is 1. The molecule has 0 aromatic carbocycles. The maximum Gasteiger partial charge on any atom is 0.407 e. The van der Waals surface area contributed by atoms with Crippen LogP contribution in [-0.2, 0) is 18.9 Å². The van der Waals surface area contributed by atoms with Crippen molar-refractivity contribution in [1.29, 1.82) is 0 Å². The molecule has 12 nitrogen and oxygen atoms in total. The van der Waals surface area contributed by atoms with Crippen molar-refractivity contribution in [1.82, 2.24) is 29.7 Å². The van der Waals surface area contributed by atoms with Crippen LogP contribution >= 0.6 is 0 Å². The van der Waals surface area contributed by atoms with E-state index in [1.165, 1.54) is 6.33 Å². The Hall–Kier alpha value is -2.54. The number of amides is 1. The number of nitrogens with zero attached hydrogens (tertiary/aromatic N) is 5. The fourth-order valence-electron chi connectivity index (χ4n) is 4.66. The molecule has 3 N–H and O–H groups in total. The van der Waals surface area contributed by atoms with Crippen molar-refractivity contribution >= 4 is 23.1 Å². The molecule has 12 heteroatoms. The minimum absolute atomic E-state index is 0.236. The summed E-state index contributed by atoms with van der Waals surface area (Å²) in [7, 11) is 0. The molecule has 4 rings (SSSR count). The number of carbonyl (C=O) groups excluding carboxylic acids is 1. The highest BCUT2D eigenvalue weighted by Gasteiger charge is 2.56. The van der Waals surface area contributed by atoms with E-state index < -0.39 is 23.7 Å². The fourth-order valence-corrected chi connectivity index (χ4v) is 4.66. The van der Waals surface area contributed by atoms with E-state index in [4.69, 9.17) is 24.7 Å². The minimum atomic E-state index is -0.736. The van der Waals surface area contributed by atoms with Gasteiger partial charge in [0.2, 0.25) is 0 Å². The first-order chi connectivity index (χ1) is 16.8. The van der Waals surface area contributed by atoms with Gasteiger partial charge in [0.15, 0.2) is 23.5 Å². The van der Waals surface area contributed by atoms with Crippen LogP contribution in [0.3, 0.4) is 0 Å². The monoisotopic (exact) mass is 505 g/mol. The van der Waals surface area contributed by atoms with E-state index in [-0.39, 0.29) is 24.4 Å². The summed E-state index contributed by atoms with van der Waals surface area (Å²) in [6.07, 6.45) is 2.15. The molecule has 36 heavy (non-hydrogen) atoms. The minimum Gasteiger partial charge on any atom is -0.444 e. The topological polar surface area (TPSA) is 139 Å². The van der Waals surface area contributed by atoms with Crippen LogP contribution in [0.4, 0.5) is 10.6 Å². The highest BCUT2D eigenvalue weighted by molar-refractivity contribution is 5.81. The molecule has 0 aliphatic carbocycles. The van der Waals surface area contributed by atoms with E-state index in [9.17, 15) is 4.79 Å². The molecular formula is C24H39N7O5. The number of hydrogen-bond donors (Lipinski definition) is 2. The summed E-state index contributed by atoms with van der Waals surface area (Å²) in [5.74, 6) is -0.417. The Morgan fingerprint density at radius 1 is 1.25 bits per heavy atom. The van der Waals surface area contributed by atoms with Crippen molar-refractivity contribution < 1.29 is 23.7 Å². The Morgan fingerprint density at radius 3 is 2.67 bits per heavy atom. The predicted molar refractivity (Wildman–Crippen MR) is 133 cm³/mol. The van der Waals surface area contributed by atoms with Crippen LogP contribution in [0.5, 0.6) is 0 Å². The number of hydrogen-bond acceptors (Lipinski definition) is 10. The van der Waals surface area contributed by atoms with Crippen molar-refractivity contribution in [2.24, 2.45) is 0 Å². The van der Waals surface area contributed by atoms with Gasteiger partial charge in [-0.1, -0.05) is 0 Å². The van der Waals surface area contributed by atoms with Gasteiger partial charge >= 0.3 is 6.09 Å². The molecule has 2 saturated heterocycles. The number of carbonyl (C=O) groups is 1. The average molecular weight is 506 g/mol. The van der Waals surface area contributed by atoms with Crippen molar-refractivity contribution in [3.63, 3.8) is 0 Å². The summed E-state index contributed by atoms with van der Waals surface area (Å²) in [6, 6.07) is 0.268. The Labute approximate surface area is 211 Å². The number of alkyl carbamates (subject to hydrolysis) is 1. The van der Waals surface area contributed by atoms with Gasteiger partial charge in [0.05, 0.1) is 6.33 Å². The number of nitrogen functional groups attached to an aromatic ring is 1. The van der Waals surface area contributed by atoms with E-state index in [0.717, 1.165) is 13.0 Å². The van der Waals surface area contributed by atoms with Crippen molar-refractivity contribution in [3.8, 4) is 0 Å². The molecule has 2 aliphatic rings.